The minimum Gasteiger partial charge on any atom is -0.375 e. The number of carbonyl (C=O) groups is 1. The molecule has 1 saturated heterocycles. The largest absolute Gasteiger partial charge is 0.375 e. The highest BCUT2D eigenvalue weighted by atomic mass is 16.3. The summed E-state index contributed by atoms with van der Waals surface area (Å²) in [5, 5.41) is 17.5. The Balaban J connectivity index is 1.10. The molecule has 1 heterocycles. The van der Waals surface area contributed by atoms with Crippen LogP contribution >= 0.6 is 0 Å². The van der Waals surface area contributed by atoms with Crippen molar-refractivity contribution in [2.24, 2.45) is 17.8 Å². The van der Waals surface area contributed by atoms with Gasteiger partial charge in [0.05, 0.1) is 0 Å². The third-order valence-electron chi connectivity index (χ3n) is 8.29. The molecule has 6 rings (SSSR count). The molecule has 33 heavy (non-hydrogen) atoms. The average molecular weight is 441 g/mol. The molecule has 2 saturated carbocycles. The van der Waals surface area contributed by atoms with Crippen molar-refractivity contribution in [3.05, 3.63) is 83.9 Å². The van der Waals surface area contributed by atoms with Gasteiger partial charge < -0.3 is 10.4 Å². The summed E-state index contributed by atoms with van der Waals surface area (Å²) in [6.07, 6.45) is 4.00. The van der Waals surface area contributed by atoms with Gasteiger partial charge in [0.2, 0.25) is 0 Å². The van der Waals surface area contributed by atoms with Crippen molar-refractivity contribution in [3.63, 3.8) is 0 Å². The number of benzene rings is 3. The van der Waals surface area contributed by atoms with Crippen molar-refractivity contribution in [1.29, 1.82) is 0 Å². The number of amides is 1. The molecule has 170 valence electrons. The molecule has 3 aromatic carbocycles. The first kappa shape index (κ1) is 20.9. The molecule has 3 aromatic rings. The number of hydrogen-bond donors (Lipinski definition) is 2. The van der Waals surface area contributed by atoms with Gasteiger partial charge >= 0.3 is 0 Å². The lowest BCUT2D eigenvalue weighted by Gasteiger charge is -2.33. The van der Waals surface area contributed by atoms with Crippen molar-refractivity contribution in [2.45, 2.75) is 43.9 Å². The fraction of sp³-hybridized carbons (Fsp3) is 0.414. The van der Waals surface area contributed by atoms with Crippen LogP contribution in [0.15, 0.2) is 72.8 Å². The zero-order valence-corrected chi connectivity index (χ0v) is 19.0. The van der Waals surface area contributed by atoms with Gasteiger partial charge in [-0.1, -0.05) is 79.6 Å². The lowest BCUT2D eigenvalue weighted by atomic mass is 9.79. The minimum absolute atomic E-state index is 0.00268. The van der Waals surface area contributed by atoms with Crippen LogP contribution in [0.1, 0.15) is 36.8 Å². The van der Waals surface area contributed by atoms with E-state index in [2.05, 4.69) is 52.7 Å². The fourth-order valence-electron chi connectivity index (χ4n) is 6.40. The van der Waals surface area contributed by atoms with E-state index in [1.165, 1.54) is 16.3 Å². The van der Waals surface area contributed by atoms with Crippen LogP contribution in [0.4, 0.5) is 0 Å². The standard InChI is InChI=1S/C29H32N2O2/c32-28(29(33,24-12-6-7-13-24)23-10-2-1-3-11-23)30-27-25-18-31(19-26(25)27)17-20-14-15-21-8-4-5-9-22(21)16-20/h1-5,8-11,14-16,24-27,33H,6-7,12-13,17-19H2,(H,30,32)/t25-,26?,27+,29?/m1/s1. The van der Waals surface area contributed by atoms with Gasteiger partial charge in [-0.25, -0.2) is 0 Å². The van der Waals surface area contributed by atoms with Crippen LogP contribution in [0.5, 0.6) is 0 Å². The Kier molecular flexibility index (Phi) is 5.23. The number of piperidine rings is 1. The highest BCUT2D eigenvalue weighted by Gasteiger charge is 2.58. The van der Waals surface area contributed by atoms with Gasteiger partial charge in [0.1, 0.15) is 0 Å². The monoisotopic (exact) mass is 440 g/mol. The molecule has 3 aliphatic rings. The van der Waals surface area contributed by atoms with Crippen LogP contribution in [0, 0.1) is 17.8 Å². The predicted molar refractivity (Wildman–Crippen MR) is 130 cm³/mol. The molecule has 0 bridgehead atoms. The molecule has 0 aromatic heterocycles. The third-order valence-corrected chi connectivity index (χ3v) is 8.29. The van der Waals surface area contributed by atoms with Gasteiger partial charge in [-0.3, -0.25) is 9.69 Å². The van der Waals surface area contributed by atoms with Crippen molar-refractivity contribution in [3.8, 4) is 0 Å². The Bertz CT molecular complexity index is 1140. The fourth-order valence-corrected chi connectivity index (χ4v) is 6.40. The van der Waals surface area contributed by atoms with Crippen molar-refractivity contribution in [1.82, 2.24) is 10.2 Å². The van der Waals surface area contributed by atoms with Crippen LogP contribution in [-0.2, 0) is 16.9 Å². The first-order valence-electron chi connectivity index (χ1n) is 12.4. The molecular formula is C29H32N2O2. The van der Waals surface area contributed by atoms with Gasteiger partial charge in [-0.05, 0) is 52.6 Å². The molecular weight excluding hydrogens is 408 g/mol. The van der Waals surface area contributed by atoms with Crippen LogP contribution in [-0.4, -0.2) is 35.0 Å². The number of fused-ring (bicyclic) bond motifs is 2. The Morgan fingerprint density at radius 2 is 1.58 bits per heavy atom. The van der Waals surface area contributed by atoms with Crippen LogP contribution < -0.4 is 5.32 Å². The molecule has 4 nitrogen and oxygen atoms in total. The van der Waals surface area contributed by atoms with Gasteiger partial charge in [0.25, 0.3) is 5.91 Å². The molecule has 4 atom stereocenters. The highest BCUT2D eigenvalue weighted by Crippen LogP contribution is 2.47. The van der Waals surface area contributed by atoms with E-state index in [1.807, 2.05) is 30.3 Å². The number of nitrogens with zero attached hydrogens (tertiary/aromatic N) is 1. The first-order valence-corrected chi connectivity index (χ1v) is 12.4. The molecule has 2 unspecified atom stereocenters. The van der Waals surface area contributed by atoms with Crippen molar-refractivity contribution >= 4 is 16.7 Å². The maximum atomic E-state index is 13.5. The molecule has 2 N–H and O–H groups in total. The Morgan fingerprint density at radius 3 is 2.30 bits per heavy atom. The average Bonchev–Trinajstić information content (AvgIpc) is 3.26. The SMILES string of the molecule is O=C(N[C@@H]1C2CN(Cc3ccc4ccccc4c3)C[C@H]21)C(O)(c1ccccc1)C1CCCC1. The Labute approximate surface area is 195 Å². The third kappa shape index (κ3) is 3.75. The maximum absolute atomic E-state index is 13.5. The second kappa shape index (κ2) is 8.27. The normalized spacial score (nSPS) is 26.8. The van der Waals surface area contributed by atoms with Gasteiger partial charge in [-0.2, -0.15) is 0 Å². The molecule has 2 aliphatic carbocycles. The van der Waals surface area contributed by atoms with E-state index in [1.54, 1.807) is 0 Å². The number of carbonyl (C=O) groups excluding carboxylic acids is 1. The smallest absolute Gasteiger partial charge is 0.257 e. The van der Waals surface area contributed by atoms with Gasteiger partial charge in [-0.15, -0.1) is 0 Å². The van der Waals surface area contributed by atoms with Crippen LogP contribution in [0.2, 0.25) is 0 Å². The zero-order valence-electron chi connectivity index (χ0n) is 19.0. The van der Waals surface area contributed by atoms with Gasteiger partial charge in [0.15, 0.2) is 5.60 Å². The quantitative estimate of drug-likeness (QED) is 0.595. The first-order chi connectivity index (χ1) is 16.1. The molecule has 0 spiro atoms. The lowest BCUT2D eigenvalue weighted by molar-refractivity contribution is -0.147. The van der Waals surface area contributed by atoms with Crippen molar-refractivity contribution < 1.29 is 9.90 Å². The summed E-state index contributed by atoms with van der Waals surface area (Å²) < 4.78 is 0. The second-order valence-electron chi connectivity index (χ2n) is 10.3. The summed E-state index contributed by atoms with van der Waals surface area (Å²) in [6, 6.07) is 25.0. The summed E-state index contributed by atoms with van der Waals surface area (Å²) in [5.41, 5.74) is 0.660. The van der Waals surface area contributed by atoms with Gasteiger partial charge in [0, 0.05) is 31.6 Å². The lowest BCUT2D eigenvalue weighted by Crippen LogP contribution is -2.50. The molecule has 0 radical (unpaired) electrons. The predicted octanol–water partition coefficient (Wildman–Crippen LogP) is 4.46. The molecule has 4 heteroatoms. The Morgan fingerprint density at radius 1 is 0.909 bits per heavy atom. The van der Waals surface area contributed by atoms with E-state index in [0.29, 0.717) is 11.8 Å². The zero-order chi connectivity index (χ0) is 22.4. The van der Waals surface area contributed by atoms with Crippen LogP contribution in [0.25, 0.3) is 10.8 Å². The minimum atomic E-state index is -1.42. The second-order valence-corrected chi connectivity index (χ2v) is 10.3. The van der Waals surface area contributed by atoms with E-state index in [0.717, 1.165) is 50.9 Å². The Hall–Kier alpha value is -2.69. The van der Waals surface area contributed by atoms with E-state index in [-0.39, 0.29) is 17.9 Å². The summed E-state index contributed by atoms with van der Waals surface area (Å²) >= 11 is 0. The number of rotatable bonds is 6. The summed E-state index contributed by atoms with van der Waals surface area (Å²) in [7, 11) is 0. The van der Waals surface area contributed by atoms with Crippen molar-refractivity contribution in [2.75, 3.05) is 13.1 Å². The van der Waals surface area contributed by atoms with E-state index < -0.39 is 5.60 Å². The number of nitrogens with one attached hydrogen (secondary N) is 1. The number of aliphatic hydroxyl groups is 1. The van der Waals surface area contributed by atoms with E-state index >= 15 is 0 Å². The highest BCUT2D eigenvalue weighted by molar-refractivity contribution is 5.87. The maximum Gasteiger partial charge on any atom is 0.257 e. The number of hydrogen-bond acceptors (Lipinski definition) is 3. The summed E-state index contributed by atoms with van der Waals surface area (Å²) in [5.74, 6) is 0.806. The molecule has 1 amide bonds. The van der Waals surface area contributed by atoms with E-state index in [9.17, 15) is 9.90 Å². The summed E-state index contributed by atoms with van der Waals surface area (Å²) in [6.45, 7) is 2.97. The molecule has 1 aliphatic heterocycles. The molecule has 3 fully saturated rings. The van der Waals surface area contributed by atoms with Crippen LogP contribution in [0.3, 0.4) is 0 Å². The number of likely N-dealkylation sites (tertiary alicyclic amines) is 1. The topological polar surface area (TPSA) is 52.6 Å². The van der Waals surface area contributed by atoms with E-state index in [4.69, 9.17) is 0 Å². The summed E-state index contributed by atoms with van der Waals surface area (Å²) in [4.78, 5) is 16.0.